The monoisotopic (exact) mass is 511 g/mol. The third kappa shape index (κ3) is 3.27. The topological polar surface area (TPSA) is 62.2 Å². The molecule has 0 radical (unpaired) electrons. The van der Waals surface area contributed by atoms with Gasteiger partial charge in [-0.3, -0.25) is 9.78 Å². The number of anilines is 1. The number of pyridine rings is 1. The van der Waals surface area contributed by atoms with Gasteiger partial charge in [0.25, 0.3) is 0 Å². The second kappa shape index (κ2) is 8.10. The van der Waals surface area contributed by atoms with E-state index in [-0.39, 0.29) is 39.5 Å². The Morgan fingerprint density at radius 1 is 1.14 bits per heavy atom. The maximum Gasteiger partial charge on any atom is 0.246 e. The van der Waals surface area contributed by atoms with Crippen LogP contribution in [0.5, 0.6) is 0 Å². The van der Waals surface area contributed by atoms with Crippen LogP contribution in [0.1, 0.15) is 6.42 Å². The molecule has 6 rings (SSSR count). The SMILES string of the molecule is C=CC(=O)N1CC[C@@H]2[C@H]1CN2c1nc(Cl)nc2c(F)c(-c3cccc4ccc(F)c(Cl)c34)ncc12. The molecular weight excluding hydrogens is 495 g/mol. The summed E-state index contributed by atoms with van der Waals surface area (Å²) in [5, 5.41) is 1.21. The number of hydrogen-bond donors (Lipinski definition) is 0. The van der Waals surface area contributed by atoms with Gasteiger partial charge in [0.2, 0.25) is 11.2 Å². The number of carbonyl (C=O) groups excluding carboxylic acids is 1. The molecule has 0 bridgehead atoms. The molecule has 2 fully saturated rings. The molecule has 4 aromatic rings. The third-order valence-electron chi connectivity index (χ3n) is 6.85. The van der Waals surface area contributed by atoms with Crippen LogP contribution in [0.2, 0.25) is 10.3 Å². The lowest BCUT2D eigenvalue weighted by Crippen LogP contribution is -2.63. The van der Waals surface area contributed by atoms with E-state index in [2.05, 4.69) is 21.5 Å². The van der Waals surface area contributed by atoms with Gasteiger partial charge in [-0.2, -0.15) is 4.98 Å². The molecular formula is C25H17Cl2F2N5O. The minimum Gasteiger partial charge on any atom is -0.349 e. The summed E-state index contributed by atoms with van der Waals surface area (Å²) < 4.78 is 30.1. The largest absolute Gasteiger partial charge is 0.349 e. The van der Waals surface area contributed by atoms with E-state index in [1.165, 1.54) is 18.3 Å². The molecule has 10 heteroatoms. The van der Waals surface area contributed by atoms with Crippen molar-refractivity contribution in [3.63, 3.8) is 0 Å². The number of amides is 1. The Bertz CT molecular complexity index is 1560. The fourth-order valence-corrected chi connectivity index (χ4v) is 5.62. The summed E-state index contributed by atoms with van der Waals surface area (Å²) in [6.07, 6.45) is 3.57. The second-order valence-electron chi connectivity index (χ2n) is 8.58. The van der Waals surface area contributed by atoms with Gasteiger partial charge in [-0.1, -0.05) is 42.4 Å². The molecule has 1 amide bonds. The van der Waals surface area contributed by atoms with Gasteiger partial charge in [-0.25, -0.2) is 13.8 Å². The Hall–Kier alpha value is -3.36. The molecule has 2 aromatic heterocycles. The third-order valence-corrected chi connectivity index (χ3v) is 7.39. The minimum atomic E-state index is -0.701. The number of fused-ring (bicyclic) bond motifs is 3. The van der Waals surface area contributed by atoms with Crippen LogP contribution >= 0.6 is 23.2 Å². The summed E-state index contributed by atoms with van der Waals surface area (Å²) in [5.41, 5.74) is 0.345. The van der Waals surface area contributed by atoms with Gasteiger partial charge in [-0.15, -0.1) is 0 Å². The molecule has 0 saturated carbocycles. The zero-order chi connectivity index (χ0) is 24.4. The average molecular weight is 512 g/mol. The first-order chi connectivity index (χ1) is 16.9. The zero-order valence-electron chi connectivity index (χ0n) is 18.2. The highest BCUT2D eigenvalue weighted by molar-refractivity contribution is 6.36. The van der Waals surface area contributed by atoms with E-state index < -0.39 is 11.6 Å². The van der Waals surface area contributed by atoms with Gasteiger partial charge < -0.3 is 9.80 Å². The van der Waals surface area contributed by atoms with Crippen LogP contribution in [-0.2, 0) is 4.79 Å². The van der Waals surface area contributed by atoms with Gasteiger partial charge in [0.15, 0.2) is 5.82 Å². The summed E-state index contributed by atoms with van der Waals surface area (Å²) in [6, 6.07) is 8.06. The van der Waals surface area contributed by atoms with E-state index in [4.69, 9.17) is 23.2 Å². The van der Waals surface area contributed by atoms with Crippen LogP contribution in [0.4, 0.5) is 14.6 Å². The minimum absolute atomic E-state index is 0.00926. The van der Waals surface area contributed by atoms with Crippen LogP contribution < -0.4 is 4.90 Å². The highest BCUT2D eigenvalue weighted by atomic mass is 35.5. The van der Waals surface area contributed by atoms with Crippen molar-refractivity contribution < 1.29 is 13.6 Å². The quantitative estimate of drug-likeness (QED) is 0.272. The Morgan fingerprint density at radius 2 is 1.97 bits per heavy atom. The number of halogens is 4. The summed E-state index contributed by atoms with van der Waals surface area (Å²) in [7, 11) is 0. The first-order valence-corrected chi connectivity index (χ1v) is 11.7. The summed E-state index contributed by atoms with van der Waals surface area (Å²) >= 11 is 12.5. The van der Waals surface area contributed by atoms with Crippen molar-refractivity contribution in [2.45, 2.75) is 18.5 Å². The molecule has 0 spiro atoms. The maximum atomic E-state index is 15.9. The highest BCUT2D eigenvalue weighted by Crippen LogP contribution is 2.41. The van der Waals surface area contributed by atoms with Crippen LogP contribution in [0.3, 0.4) is 0 Å². The van der Waals surface area contributed by atoms with Crippen molar-refractivity contribution in [3.05, 3.63) is 71.1 Å². The summed E-state index contributed by atoms with van der Waals surface area (Å²) in [6.45, 7) is 4.72. The lowest BCUT2D eigenvalue weighted by molar-refractivity contribution is -0.127. The molecule has 4 heterocycles. The normalized spacial score (nSPS) is 19.2. The summed E-state index contributed by atoms with van der Waals surface area (Å²) in [4.78, 5) is 28.8. The number of rotatable bonds is 3. The van der Waals surface area contributed by atoms with Crippen molar-refractivity contribution in [1.82, 2.24) is 19.9 Å². The van der Waals surface area contributed by atoms with Crippen molar-refractivity contribution in [2.24, 2.45) is 0 Å². The zero-order valence-corrected chi connectivity index (χ0v) is 19.7. The van der Waals surface area contributed by atoms with Crippen LogP contribution in [0.25, 0.3) is 32.9 Å². The second-order valence-corrected chi connectivity index (χ2v) is 9.29. The smallest absolute Gasteiger partial charge is 0.246 e. The molecule has 2 aliphatic heterocycles. The van der Waals surface area contributed by atoms with Crippen LogP contribution in [0, 0.1) is 11.6 Å². The lowest BCUT2D eigenvalue weighted by atomic mass is 9.96. The van der Waals surface area contributed by atoms with Crippen molar-refractivity contribution in [3.8, 4) is 11.3 Å². The molecule has 6 nitrogen and oxygen atoms in total. The Kier molecular flexibility index (Phi) is 5.12. The number of nitrogens with zero attached hydrogens (tertiary/aromatic N) is 5. The average Bonchev–Trinajstić information content (AvgIpc) is 3.17. The molecule has 0 unspecified atom stereocenters. The van der Waals surface area contributed by atoms with Gasteiger partial charge in [-0.05, 0) is 35.6 Å². The number of benzene rings is 2. The standard InChI is InChI=1S/C25H17Cl2F2N5O/c1-2-18(35)33-9-8-16-17(33)11-34(16)24-14-10-30-22(21(29)23(14)31-25(27)32-24)13-5-3-4-12-6-7-15(28)20(26)19(12)13/h2-7,10,16-17H,1,8-9,11H2/t16-,17-/m1/s1. The van der Waals surface area contributed by atoms with E-state index in [9.17, 15) is 9.18 Å². The van der Waals surface area contributed by atoms with E-state index >= 15 is 4.39 Å². The molecule has 2 aromatic carbocycles. The predicted molar refractivity (Wildman–Crippen MR) is 132 cm³/mol. The molecule has 176 valence electrons. The summed E-state index contributed by atoms with van der Waals surface area (Å²) in [5.74, 6) is -0.944. The van der Waals surface area contributed by atoms with Crippen molar-refractivity contribution >= 4 is 56.6 Å². The Labute approximate surface area is 208 Å². The van der Waals surface area contributed by atoms with Crippen LogP contribution in [-0.4, -0.2) is 50.9 Å². The number of likely N-dealkylation sites (tertiary alicyclic amines) is 1. The van der Waals surface area contributed by atoms with E-state index in [0.29, 0.717) is 40.6 Å². The molecule has 2 saturated heterocycles. The highest BCUT2D eigenvalue weighted by Gasteiger charge is 2.49. The van der Waals surface area contributed by atoms with E-state index in [1.54, 1.807) is 29.2 Å². The lowest BCUT2D eigenvalue weighted by Gasteiger charge is -2.47. The predicted octanol–water partition coefficient (Wildman–Crippen LogP) is 5.41. The van der Waals surface area contributed by atoms with Gasteiger partial charge in [0.1, 0.15) is 22.8 Å². The maximum absolute atomic E-state index is 15.9. The first-order valence-electron chi connectivity index (χ1n) is 11.0. The first kappa shape index (κ1) is 22.1. The molecule has 2 aliphatic rings. The molecule has 2 atom stereocenters. The molecule has 0 aliphatic carbocycles. The van der Waals surface area contributed by atoms with Crippen molar-refractivity contribution in [2.75, 3.05) is 18.0 Å². The van der Waals surface area contributed by atoms with Gasteiger partial charge >= 0.3 is 0 Å². The van der Waals surface area contributed by atoms with Crippen LogP contribution in [0.15, 0.2) is 49.2 Å². The van der Waals surface area contributed by atoms with Gasteiger partial charge in [0, 0.05) is 30.2 Å². The van der Waals surface area contributed by atoms with E-state index in [0.717, 1.165) is 6.42 Å². The Morgan fingerprint density at radius 3 is 2.77 bits per heavy atom. The Balaban J connectivity index is 1.47. The number of aromatic nitrogens is 3. The number of hydrogen-bond acceptors (Lipinski definition) is 5. The fraction of sp³-hybridized carbons (Fsp3) is 0.200. The van der Waals surface area contributed by atoms with Crippen molar-refractivity contribution in [1.29, 1.82) is 0 Å². The van der Waals surface area contributed by atoms with E-state index in [1.807, 2.05) is 4.90 Å². The fourth-order valence-electron chi connectivity index (χ4n) is 5.18. The molecule has 0 N–H and O–H groups in total. The number of carbonyl (C=O) groups is 1. The van der Waals surface area contributed by atoms with Gasteiger partial charge in [0.05, 0.1) is 22.5 Å². The molecule has 35 heavy (non-hydrogen) atoms.